The quantitative estimate of drug-likeness (QED) is 0.859. The number of nitrogens with zero attached hydrogens (tertiary/aromatic N) is 1. The van der Waals surface area contributed by atoms with Crippen LogP contribution in [-0.2, 0) is 17.6 Å². The largest absolute Gasteiger partial charge is 0.386 e. The second-order valence-electron chi connectivity index (χ2n) is 5.12. The van der Waals surface area contributed by atoms with E-state index in [1.807, 2.05) is 6.07 Å². The highest BCUT2D eigenvalue weighted by atomic mass is 19.1. The Kier molecular flexibility index (Phi) is 5.84. The van der Waals surface area contributed by atoms with E-state index in [1.165, 1.54) is 18.2 Å². The van der Waals surface area contributed by atoms with Crippen molar-refractivity contribution < 1.29 is 14.3 Å². The van der Waals surface area contributed by atoms with Crippen molar-refractivity contribution in [3.63, 3.8) is 0 Å². The second kappa shape index (κ2) is 8.06. The number of nitrogens with one attached hydrogen (secondary N) is 1. The molecule has 0 heterocycles. The summed E-state index contributed by atoms with van der Waals surface area (Å²) >= 11 is 0. The Morgan fingerprint density at radius 2 is 1.83 bits per heavy atom. The maximum absolute atomic E-state index is 13.5. The van der Waals surface area contributed by atoms with Crippen LogP contribution >= 0.6 is 0 Å². The van der Waals surface area contributed by atoms with E-state index < -0.39 is 11.9 Å². The first-order valence-electron chi connectivity index (χ1n) is 7.24. The molecule has 23 heavy (non-hydrogen) atoms. The van der Waals surface area contributed by atoms with Crippen LogP contribution in [0.3, 0.4) is 0 Å². The number of halogens is 1. The van der Waals surface area contributed by atoms with Gasteiger partial charge in [-0.2, -0.15) is 5.26 Å². The van der Waals surface area contributed by atoms with Crippen molar-refractivity contribution in [1.29, 1.82) is 5.26 Å². The van der Waals surface area contributed by atoms with Crippen LogP contribution in [0.5, 0.6) is 0 Å². The highest BCUT2D eigenvalue weighted by molar-refractivity contribution is 5.79. The molecule has 1 amide bonds. The molecule has 0 fully saturated rings. The maximum atomic E-state index is 13.5. The molecule has 0 aromatic heterocycles. The molecular weight excluding hydrogens is 295 g/mol. The molecule has 0 bridgehead atoms. The highest BCUT2D eigenvalue weighted by Gasteiger charge is 2.14. The van der Waals surface area contributed by atoms with Crippen molar-refractivity contribution >= 4 is 5.91 Å². The van der Waals surface area contributed by atoms with Gasteiger partial charge < -0.3 is 10.4 Å². The molecule has 5 heteroatoms. The number of nitriles is 1. The molecule has 0 saturated heterocycles. The molecule has 4 nitrogen and oxygen atoms in total. The Bertz CT molecular complexity index is 725. The lowest BCUT2D eigenvalue weighted by Crippen LogP contribution is -2.30. The van der Waals surface area contributed by atoms with Crippen molar-refractivity contribution in [3.05, 3.63) is 71.0 Å². The number of carbonyl (C=O) groups is 1. The Balaban J connectivity index is 1.93. The molecule has 0 aliphatic heterocycles. The van der Waals surface area contributed by atoms with Gasteiger partial charge >= 0.3 is 0 Å². The highest BCUT2D eigenvalue weighted by Crippen LogP contribution is 2.16. The normalized spacial score (nSPS) is 11.5. The molecule has 2 aromatic carbocycles. The number of hydrogen-bond acceptors (Lipinski definition) is 3. The standard InChI is InChI=1S/C18H17FN2O2/c19-16-8-4-3-7-15(16)17(22)12-21-18(23)11-14-6-2-1-5-13(14)9-10-20/h1-8,17,22H,9,11-12H2,(H,21,23). The number of benzene rings is 2. The lowest BCUT2D eigenvalue weighted by molar-refractivity contribution is -0.120. The molecule has 0 radical (unpaired) electrons. The molecule has 1 atom stereocenters. The van der Waals surface area contributed by atoms with Crippen molar-refractivity contribution in [2.24, 2.45) is 0 Å². The summed E-state index contributed by atoms with van der Waals surface area (Å²) in [4.78, 5) is 12.0. The van der Waals surface area contributed by atoms with Crippen LogP contribution in [0.1, 0.15) is 22.8 Å². The van der Waals surface area contributed by atoms with E-state index in [4.69, 9.17) is 5.26 Å². The van der Waals surface area contributed by atoms with Gasteiger partial charge in [0.2, 0.25) is 5.91 Å². The summed E-state index contributed by atoms with van der Waals surface area (Å²) in [7, 11) is 0. The van der Waals surface area contributed by atoms with Crippen LogP contribution in [0.4, 0.5) is 4.39 Å². The predicted octanol–water partition coefficient (Wildman–Crippen LogP) is 2.28. The summed E-state index contributed by atoms with van der Waals surface area (Å²) < 4.78 is 13.5. The fourth-order valence-electron chi connectivity index (χ4n) is 2.29. The zero-order chi connectivity index (χ0) is 16.7. The summed E-state index contributed by atoms with van der Waals surface area (Å²) in [5.74, 6) is -0.792. The molecule has 0 saturated carbocycles. The van der Waals surface area contributed by atoms with Gasteiger partial charge in [0.15, 0.2) is 0 Å². The Morgan fingerprint density at radius 3 is 2.52 bits per heavy atom. The first-order valence-corrected chi connectivity index (χ1v) is 7.24. The molecule has 1 unspecified atom stereocenters. The zero-order valence-corrected chi connectivity index (χ0v) is 12.5. The number of aliphatic hydroxyl groups is 1. The first-order chi connectivity index (χ1) is 11.1. The number of carbonyl (C=O) groups excluding carboxylic acids is 1. The van der Waals surface area contributed by atoms with Crippen LogP contribution in [-0.4, -0.2) is 17.6 Å². The predicted molar refractivity (Wildman–Crippen MR) is 83.8 cm³/mol. The van der Waals surface area contributed by atoms with Crippen LogP contribution in [0, 0.1) is 17.1 Å². The van der Waals surface area contributed by atoms with Gasteiger partial charge in [0.25, 0.3) is 0 Å². The van der Waals surface area contributed by atoms with Crippen molar-refractivity contribution in [2.45, 2.75) is 18.9 Å². The van der Waals surface area contributed by atoms with Gasteiger partial charge in [-0.3, -0.25) is 4.79 Å². The average molecular weight is 312 g/mol. The van der Waals surface area contributed by atoms with Gasteiger partial charge in [-0.25, -0.2) is 4.39 Å². The molecule has 0 aliphatic rings. The van der Waals surface area contributed by atoms with Crippen LogP contribution in [0.25, 0.3) is 0 Å². The fraction of sp³-hybridized carbons (Fsp3) is 0.222. The smallest absolute Gasteiger partial charge is 0.224 e. The minimum absolute atomic E-state index is 0.0693. The van der Waals surface area contributed by atoms with Gasteiger partial charge in [0, 0.05) is 12.1 Å². The lowest BCUT2D eigenvalue weighted by atomic mass is 10.0. The third-order valence-corrected chi connectivity index (χ3v) is 3.50. The molecule has 2 rings (SSSR count). The van der Waals surface area contributed by atoms with E-state index in [9.17, 15) is 14.3 Å². The molecule has 2 aromatic rings. The van der Waals surface area contributed by atoms with E-state index in [0.29, 0.717) is 0 Å². The second-order valence-corrected chi connectivity index (χ2v) is 5.12. The van der Waals surface area contributed by atoms with Crippen LogP contribution in [0.15, 0.2) is 48.5 Å². The molecule has 0 spiro atoms. The van der Waals surface area contributed by atoms with E-state index in [2.05, 4.69) is 11.4 Å². The number of hydrogen-bond donors (Lipinski definition) is 2. The topological polar surface area (TPSA) is 73.1 Å². The van der Waals surface area contributed by atoms with Gasteiger partial charge in [-0.1, -0.05) is 42.5 Å². The van der Waals surface area contributed by atoms with Gasteiger partial charge in [0.1, 0.15) is 5.82 Å². The summed E-state index contributed by atoms with van der Waals surface area (Å²) in [5, 5.41) is 21.3. The minimum atomic E-state index is -1.10. The Hall–Kier alpha value is -2.71. The third-order valence-electron chi connectivity index (χ3n) is 3.50. The molecule has 2 N–H and O–H groups in total. The zero-order valence-electron chi connectivity index (χ0n) is 12.5. The van der Waals surface area contributed by atoms with E-state index in [0.717, 1.165) is 11.1 Å². The molecule has 118 valence electrons. The van der Waals surface area contributed by atoms with Gasteiger partial charge in [0.05, 0.1) is 25.0 Å². The Labute approximate surface area is 134 Å². The number of amides is 1. The Morgan fingerprint density at radius 1 is 1.17 bits per heavy atom. The van der Waals surface area contributed by atoms with Crippen molar-refractivity contribution in [1.82, 2.24) is 5.32 Å². The van der Waals surface area contributed by atoms with Crippen molar-refractivity contribution in [2.75, 3.05) is 6.54 Å². The van der Waals surface area contributed by atoms with Crippen molar-refractivity contribution in [3.8, 4) is 6.07 Å². The van der Waals surface area contributed by atoms with Gasteiger partial charge in [-0.15, -0.1) is 0 Å². The van der Waals surface area contributed by atoms with E-state index in [1.54, 1.807) is 24.3 Å². The monoisotopic (exact) mass is 312 g/mol. The van der Waals surface area contributed by atoms with Crippen LogP contribution < -0.4 is 5.32 Å². The minimum Gasteiger partial charge on any atom is -0.386 e. The SMILES string of the molecule is N#CCc1ccccc1CC(=O)NCC(O)c1ccccc1F. The fourth-order valence-corrected chi connectivity index (χ4v) is 2.29. The van der Waals surface area contributed by atoms with E-state index >= 15 is 0 Å². The number of rotatable bonds is 6. The van der Waals surface area contributed by atoms with Crippen LogP contribution in [0.2, 0.25) is 0 Å². The first kappa shape index (κ1) is 16.7. The van der Waals surface area contributed by atoms with E-state index in [-0.39, 0.29) is 30.9 Å². The lowest BCUT2D eigenvalue weighted by Gasteiger charge is -2.13. The van der Waals surface area contributed by atoms with Gasteiger partial charge in [-0.05, 0) is 17.2 Å². The number of aliphatic hydroxyl groups excluding tert-OH is 1. The summed E-state index contributed by atoms with van der Waals surface area (Å²) in [6, 6.07) is 15.2. The summed E-state index contributed by atoms with van der Waals surface area (Å²) in [5.41, 5.74) is 1.73. The average Bonchev–Trinajstić information content (AvgIpc) is 2.55. The maximum Gasteiger partial charge on any atom is 0.224 e. The third kappa shape index (κ3) is 4.63. The molecule has 0 aliphatic carbocycles. The molecular formula is C18H17FN2O2. The summed E-state index contributed by atoms with van der Waals surface area (Å²) in [6.07, 6.45) is -0.752. The summed E-state index contributed by atoms with van der Waals surface area (Å²) in [6.45, 7) is -0.0693.